The zero-order chi connectivity index (χ0) is 8.43. The minimum Gasteiger partial charge on any atom is -0.328 e. The molecular formula is C10H21N. The Hall–Kier alpha value is -0.0400. The van der Waals surface area contributed by atoms with Gasteiger partial charge in [-0.05, 0) is 37.0 Å². The summed E-state index contributed by atoms with van der Waals surface area (Å²) in [5.74, 6) is 2.60. The molecule has 1 aliphatic rings. The van der Waals surface area contributed by atoms with Crippen molar-refractivity contribution < 1.29 is 0 Å². The van der Waals surface area contributed by atoms with Gasteiger partial charge in [-0.3, -0.25) is 0 Å². The summed E-state index contributed by atoms with van der Waals surface area (Å²) >= 11 is 0. The second kappa shape index (κ2) is 3.57. The lowest BCUT2D eigenvalue weighted by Gasteiger charge is -2.22. The Bertz CT molecular complexity index is 120. The zero-order valence-electron chi connectivity index (χ0n) is 8.01. The minimum atomic E-state index is 0.501. The first-order chi connectivity index (χ1) is 5.11. The van der Waals surface area contributed by atoms with Crippen LogP contribution in [0.1, 0.15) is 40.0 Å². The second-order valence-electron chi connectivity index (χ2n) is 4.44. The van der Waals surface area contributed by atoms with Crippen molar-refractivity contribution in [3.8, 4) is 0 Å². The van der Waals surface area contributed by atoms with Crippen LogP contribution in [0.15, 0.2) is 0 Å². The summed E-state index contributed by atoms with van der Waals surface area (Å²) in [6, 6.07) is 0.501. The fourth-order valence-electron chi connectivity index (χ4n) is 2.07. The molecule has 3 atom stereocenters. The fraction of sp³-hybridized carbons (Fsp3) is 1.00. The third-order valence-corrected chi connectivity index (χ3v) is 3.31. The van der Waals surface area contributed by atoms with Crippen LogP contribution in [-0.4, -0.2) is 6.04 Å². The third kappa shape index (κ3) is 2.19. The van der Waals surface area contributed by atoms with Crippen molar-refractivity contribution in [2.24, 2.45) is 23.5 Å². The first kappa shape index (κ1) is 9.05. The molecule has 1 saturated carbocycles. The van der Waals surface area contributed by atoms with Gasteiger partial charge in [0.1, 0.15) is 0 Å². The summed E-state index contributed by atoms with van der Waals surface area (Å²) in [5, 5.41) is 0. The Morgan fingerprint density at radius 2 is 1.82 bits per heavy atom. The predicted molar refractivity (Wildman–Crippen MR) is 49.3 cm³/mol. The molecule has 3 unspecified atom stereocenters. The molecule has 0 heterocycles. The summed E-state index contributed by atoms with van der Waals surface area (Å²) in [7, 11) is 0. The van der Waals surface area contributed by atoms with Gasteiger partial charge in [-0.25, -0.2) is 0 Å². The summed E-state index contributed by atoms with van der Waals surface area (Å²) in [6.45, 7) is 7.00. The van der Waals surface area contributed by atoms with Gasteiger partial charge < -0.3 is 5.73 Å². The van der Waals surface area contributed by atoms with Crippen LogP contribution in [0.25, 0.3) is 0 Å². The molecule has 11 heavy (non-hydrogen) atoms. The average Bonchev–Trinajstić information content (AvgIpc) is 2.34. The number of rotatable bonds is 2. The van der Waals surface area contributed by atoms with Crippen LogP contribution in [0.2, 0.25) is 0 Å². The molecule has 0 saturated heterocycles. The molecule has 0 radical (unpaired) electrons. The third-order valence-electron chi connectivity index (χ3n) is 3.31. The van der Waals surface area contributed by atoms with E-state index in [0.717, 1.165) is 17.8 Å². The monoisotopic (exact) mass is 155 g/mol. The molecule has 0 aromatic heterocycles. The number of nitrogens with two attached hydrogens (primary N) is 1. The summed E-state index contributed by atoms with van der Waals surface area (Å²) < 4.78 is 0. The highest BCUT2D eigenvalue weighted by atomic mass is 14.6. The van der Waals surface area contributed by atoms with E-state index in [1.807, 2.05) is 0 Å². The van der Waals surface area contributed by atoms with E-state index in [0.29, 0.717) is 6.04 Å². The van der Waals surface area contributed by atoms with E-state index in [1.165, 1.54) is 19.3 Å². The van der Waals surface area contributed by atoms with Gasteiger partial charge in [-0.15, -0.1) is 0 Å². The highest BCUT2D eigenvalue weighted by molar-refractivity contribution is 4.81. The highest BCUT2D eigenvalue weighted by Crippen LogP contribution is 2.34. The Balaban J connectivity index is 2.36. The molecule has 0 spiro atoms. The molecule has 0 aromatic rings. The maximum Gasteiger partial charge on any atom is 0.00416 e. The lowest BCUT2D eigenvalue weighted by atomic mass is 9.84. The fourth-order valence-corrected chi connectivity index (χ4v) is 2.07. The minimum absolute atomic E-state index is 0.501. The van der Waals surface area contributed by atoms with E-state index in [2.05, 4.69) is 20.8 Å². The smallest absolute Gasteiger partial charge is 0.00416 e. The van der Waals surface area contributed by atoms with Crippen molar-refractivity contribution in [3.63, 3.8) is 0 Å². The van der Waals surface area contributed by atoms with Crippen LogP contribution in [0.3, 0.4) is 0 Å². The first-order valence-corrected chi connectivity index (χ1v) is 4.87. The van der Waals surface area contributed by atoms with Crippen LogP contribution < -0.4 is 5.73 Å². The van der Waals surface area contributed by atoms with E-state index < -0.39 is 0 Å². The van der Waals surface area contributed by atoms with Crippen molar-refractivity contribution in [2.45, 2.75) is 46.1 Å². The number of hydrogen-bond donors (Lipinski definition) is 1. The molecule has 0 bridgehead atoms. The van der Waals surface area contributed by atoms with E-state index in [1.54, 1.807) is 0 Å². The maximum absolute atomic E-state index is 5.86. The molecule has 1 heteroatoms. The topological polar surface area (TPSA) is 26.0 Å². The van der Waals surface area contributed by atoms with Gasteiger partial charge in [0, 0.05) is 6.04 Å². The summed E-state index contributed by atoms with van der Waals surface area (Å²) in [5.41, 5.74) is 5.86. The van der Waals surface area contributed by atoms with Gasteiger partial charge in [0.15, 0.2) is 0 Å². The molecule has 66 valence electrons. The molecule has 0 amide bonds. The van der Waals surface area contributed by atoms with E-state index in [9.17, 15) is 0 Å². The molecular weight excluding hydrogens is 134 g/mol. The Morgan fingerprint density at radius 3 is 2.18 bits per heavy atom. The van der Waals surface area contributed by atoms with E-state index in [-0.39, 0.29) is 0 Å². The molecule has 1 rings (SSSR count). The molecule has 0 aromatic carbocycles. The second-order valence-corrected chi connectivity index (χ2v) is 4.44. The Morgan fingerprint density at radius 1 is 1.18 bits per heavy atom. The summed E-state index contributed by atoms with van der Waals surface area (Å²) in [6.07, 6.45) is 3.88. The van der Waals surface area contributed by atoms with Crippen LogP contribution >= 0.6 is 0 Å². The zero-order valence-corrected chi connectivity index (χ0v) is 8.01. The van der Waals surface area contributed by atoms with Gasteiger partial charge >= 0.3 is 0 Å². The average molecular weight is 155 g/mol. The standard InChI is InChI=1S/C10H21N/c1-7(2)8(3)9-4-5-10(11)6-9/h7-10H,4-6,11H2,1-3H3. The van der Waals surface area contributed by atoms with Crippen molar-refractivity contribution in [1.82, 2.24) is 0 Å². The van der Waals surface area contributed by atoms with Crippen molar-refractivity contribution in [2.75, 3.05) is 0 Å². The first-order valence-electron chi connectivity index (χ1n) is 4.87. The lowest BCUT2D eigenvalue weighted by Crippen LogP contribution is -2.19. The van der Waals surface area contributed by atoms with Crippen molar-refractivity contribution in [1.29, 1.82) is 0 Å². The highest BCUT2D eigenvalue weighted by Gasteiger charge is 2.27. The molecule has 1 aliphatic carbocycles. The quantitative estimate of drug-likeness (QED) is 0.651. The maximum atomic E-state index is 5.86. The van der Waals surface area contributed by atoms with Crippen LogP contribution in [0, 0.1) is 17.8 Å². The molecule has 1 nitrogen and oxygen atoms in total. The van der Waals surface area contributed by atoms with Gasteiger partial charge in [0.05, 0.1) is 0 Å². The van der Waals surface area contributed by atoms with E-state index in [4.69, 9.17) is 5.73 Å². The van der Waals surface area contributed by atoms with Gasteiger partial charge in [-0.2, -0.15) is 0 Å². The Labute approximate surface area is 70.4 Å². The lowest BCUT2D eigenvalue weighted by molar-refractivity contribution is 0.280. The summed E-state index contributed by atoms with van der Waals surface area (Å²) in [4.78, 5) is 0. The molecule has 1 fully saturated rings. The van der Waals surface area contributed by atoms with Gasteiger partial charge in [0.25, 0.3) is 0 Å². The number of hydrogen-bond acceptors (Lipinski definition) is 1. The molecule has 2 N–H and O–H groups in total. The van der Waals surface area contributed by atoms with Crippen molar-refractivity contribution in [3.05, 3.63) is 0 Å². The van der Waals surface area contributed by atoms with Crippen LogP contribution in [0.4, 0.5) is 0 Å². The van der Waals surface area contributed by atoms with Crippen molar-refractivity contribution >= 4 is 0 Å². The Kier molecular flexibility index (Phi) is 2.94. The normalized spacial score (nSPS) is 34.6. The van der Waals surface area contributed by atoms with Crippen LogP contribution in [-0.2, 0) is 0 Å². The molecule has 0 aliphatic heterocycles. The van der Waals surface area contributed by atoms with Gasteiger partial charge in [0.2, 0.25) is 0 Å². The van der Waals surface area contributed by atoms with Crippen LogP contribution in [0.5, 0.6) is 0 Å². The SMILES string of the molecule is CC(C)C(C)C1CCC(N)C1. The van der Waals surface area contributed by atoms with Gasteiger partial charge in [-0.1, -0.05) is 20.8 Å². The predicted octanol–water partition coefficient (Wildman–Crippen LogP) is 2.41. The van der Waals surface area contributed by atoms with E-state index >= 15 is 0 Å². The largest absolute Gasteiger partial charge is 0.328 e.